The average Bonchev–Trinajstić information content (AvgIpc) is 2.80. The van der Waals surface area contributed by atoms with Crippen LogP contribution in [-0.4, -0.2) is 55.9 Å². The zero-order valence-electron chi connectivity index (χ0n) is 12.9. The maximum Gasteiger partial charge on any atom is 0.279 e. The molecule has 2 rings (SSSR count). The van der Waals surface area contributed by atoms with Gasteiger partial charge in [-0.25, -0.2) is 4.72 Å². The van der Waals surface area contributed by atoms with E-state index in [2.05, 4.69) is 23.5 Å². The van der Waals surface area contributed by atoms with Gasteiger partial charge in [-0.05, 0) is 52.6 Å². The molecule has 0 bridgehead atoms. The van der Waals surface area contributed by atoms with E-state index in [0.717, 1.165) is 38.8 Å². The molecular formula is C14H29N3O2S. The van der Waals surface area contributed by atoms with Crippen LogP contribution in [0.1, 0.15) is 52.4 Å². The van der Waals surface area contributed by atoms with Crippen LogP contribution < -0.4 is 4.72 Å². The molecule has 0 unspecified atom stereocenters. The summed E-state index contributed by atoms with van der Waals surface area (Å²) in [5.74, 6) is 0. The summed E-state index contributed by atoms with van der Waals surface area (Å²) in [6.07, 6.45) is 6.70. The van der Waals surface area contributed by atoms with E-state index in [-0.39, 0.29) is 5.54 Å². The SMILES string of the molecule is CC(C)(CNS(=O)(=O)N1CCCCCC1)N1CCCC1. The summed E-state index contributed by atoms with van der Waals surface area (Å²) >= 11 is 0. The van der Waals surface area contributed by atoms with Crippen molar-refractivity contribution in [3.8, 4) is 0 Å². The van der Waals surface area contributed by atoms with Crippen molar-refractivity contribution in [1.82, 2.24) is 13.9 Å². The fraction of sp³-hybridized carbons (Fsp3) is 1.00. The molecule has 0 atom stereocenters. The number of hydrogen-bond acceptors (Lipinski definition) is 3. The van der Waals surface area contributed by atoms with Crippen LogP contribution in [0.2, 0.25) is 0 Å². The Morgan fingerprint density at radius 2 is 1.40 bits per heavy atom. The molecule has 1 N–H and O–H groups in total. The van der Waals surface area contributed by atoms with Gasteiger partial charge in [0.15, 0.2) is 0 Å². The molecule has 5 nitrogen and oxygen atoms in total. The average molecular weight is 303 g/mol. The lowest BCUT2D eigenvalue weighted by atomic mass is 10.0. The highest BCUT2D eigenvalue weighted by Gasteiger charge is 2.31. The summed E-state index contributed by atoms with van der Waals surface area (Å²) in [5, 5.41) is 0. The highest BCUT2D eigenvalue weighted by Crippen LogP contribution is 2.21. The molecule has 2 aliphatic rings. The molecule has 0 saturated carbocycles. The van der Waals surface area contributed by atoms with Gasteiger partial charge in [-0.2, -0.15) is 12.7 Å². The van der Waals surface area contributed by atoms with Crippen molar-refractivity contribution >= 4 is 10.2 Å². The fourth-order valence-electron chi connectivity index (χ4n) is 3.08. The van der Waals surface area contributed by atoms with Gasteiger partial charge < -0.3 is 0 Å². The lowest BCUT2D eigenvalue weighted by molar-refractivity contribution is 0.158. The minimum Gasteiger partial charge on any atom is -0.297 e. The van der Waals surface area contributed by atoms with Crippen LogP contribution in [0, 0.1) is 0 Å². The Balaban J connectivity index is 1.90. The molecule has 2 fully saturated rings. The molecule has 6 heteroatoms. The monoisotopic (exact) mass is 303 g/mol. The van der Waals surface area contributed by atoms with E-state index in [9.17, 15) is 8.42 Å². The Labute approximate surface area is 123 Å². The molecule has 2 heterocycles. The van der Waals surface area contributed by atoms with Gasteiger partial charge in [0.1, 0.15) is 0 Å². The van der Waals surface area contributed by atoms with E-state index in [0.29, 0.717) is 19.6 Å². The number of nitrogens with one attached hydrogen (secondary N) is 1. The maximum absolute atomic E-state index is 12.4. The van der Waals surface area contributed by atoms with Crippen molar-refractivity contribution in [2.75, 3.05) is 32.7 Å². The van der Waals surface area contributed by atoms with E-state index >= 15 is 0 Å². The predicted molar refractivity (Wildman–Crippen MR) is 81.8 cm³/mol. The topological polar surface area (TPSA) is 52.7 Å². The van der Waals surface area contributed by atoms with Crippen LogP contribution in [-0.2, 0) is 10.2 Å². The second-order valence-corrected chi connectivity index (χ2v) is 8.40. The first-order valence-corrected chi connectivity index (χ1v) is 9.36. The molecule has 0 spiro atoms. The molecule has 20 heavy (non-hydrogen) atoms. The summed E-state index contributed by atoms with van der Waals surface area (Å²) in [6.45, 7) is 8.24. The smallest absolute Gasteiger partial charge is 0.279 e. The Kier molecular flexibility index (Phi) is 5.45. The molecule has 0 aromatic carbocycles. The standard InChI is InChI=1S/C14H29N3O2S/c1-14(2,16-9-7-8-10-16)13-15-20(18,19)17-11-5-3-4-6-12-17/h15H,3-13H2,1-2H3. The van der Waals surface area contributed by atoms with Crippen LogP contribution in [0.3, 0.4) is 0 Å². The van der Waals surface area contributed by atoms with Gasteiger partial charge in [0, 0.05) is 25.2 Å². The molecule has 0 aromatic rings. The summed E-state index contributed by atoms with van der Waals surface area (Å²) in [6, 6.07) is 0. The molecular weight excluding hydrogens is 274 g/mol. The first-order valence-electron chi connectivity index (χ1n) is 7.92. The lowest BCUT2D eigenvalue weighted by Crippen LogP contribution is -2.53. The zero-order valence-corrected chi connectivity index (χ0v) is 13.7. The quantitative estimate of drug-likeness (QED) is 0.839. The zero-order chi connectivity index (χ0) is 14.6. The van der Waals surface area contributed by atoms with E-state index in [1.165, 1.54) is 12.8 Å². The van der Waals surface area contributed by atoms with Gasteiger partial charge in [-0.15, -0.1) is 0 Å². The van der Waals surface area contributed by atoms with Gasteiger partial charge in [-0.3, -0.25) is 4.90 Å². The Hall–Kier alpha value is -0.170. The number of nitrogens with zero attached hydrogens (tertiary/aromatic N) is 2. The van der Waals surface area contributed by atoms with Crippen LogP contribution in [0.15, 0.2) is 0 Å². The van der Waals surface area contributed by atoms with Gasteiger partial charge >= 0.3 is 0 Å². The summed E-state index contributed by atoms with van der Waals surface area (Å²) < 4.78 is 29.2. The van der Waals surface area contributed by atoms with Crippen molar-refractivity contribution in [3.05, 3.63) is 0 Å². The van der Waals surface area contributed by atoms with Crippen molar-refractivity contribution in [1.29, 1.82) is 0 Å². The van der Waals surface area contributed by atoms with E-state index in [1.807, 2.05) is 0 Å². The number of rotatable bonds is 5. The molecule has 2 aliphatic heterocycles. The second-order valence-electron chi connectivity index (χ2n) is 6.65. The van der Waals surface area contributed by atoms with E-state index in [1.54, 1.807) is 4.31 Å². The Bertz CT molecular complexity index is 395. The van der Waals surface area contributed by atoms with Crippen LogP contribution in [0.5, 0.6) is 0 Å². The summed E-state index contributed by atoms with van der Waals surface area (Å²) in [7, 11) is -3.31. The van der Waals surface area contributed by atoms with Crippen LogP contribution in [0.4, 0.5) is 0 Å². The molecule has 118 valence electrons. The normalized spacial score (nSPS) is 23.9. The molecule has 0 aromatic heterocycles. The van der Waals surface area contributed by atoms with Gasteiger partial charge in [-0.1, -0.05) is 12.8 Å². The highest BCUT2D eigenvalue weighted by atomic mass is 32.2. The molecule has 0 radical (unpaired) electrons. The first-order chi connectivity index (χ1) is 9.42. The van der Waals surface area contributed by atoms with E-state index in [4.69, 9.17) is 0 Å². The van der Waals surface area contributed by atoms with Crippen molar-refractivity contribution in [3.63, 3.8) is 0 Å². The highest BCUT2D eigenvalue weighted by molar-refractivity contribution is 7.87. The van der Waals surface area contributed by atoms with E-state index < -0.39 is 10.2 Å². The second kappa shape index (κ2) is 6.73. The van der Waals surface area contributed by atoms with Gasteiger partial charge in [0.2, 0.25) is 0 Å². The summed E-state index contributed by atoms with van der Waals surface area (Å²) in [5.41, 5.74) is -0.102. The lowest BCUT2D eigenvalue weighted by Gasteiger charge is -2.36. The fourth-order valence-corrected chi connectivity index (χ4v) is 4.53. The van der Waals surface area contributed by atoms with Gasteiger partial charge in [0.25, 0.3) is 10.2 Å². The molecule has 0 aliphatic carbocycles. The Morgan fingerprint density at radius 3 is 1.95 bits per heavy atom. The molecule has 2 saturated heterocycles. The third kappa shape index (κ3) is 4.16. The van der Waals surface area contributed by atoms with Crippen LogP contribution in [0.25, 0.3) is 0 Å². The minimum absolute atomic E-state index is 0.102. The van der Waals surface area contributed by atoms with Crippen molar-refractivity contribution in [2.45, 2.75) is 57.9 Å². The first kappa shape index (κ1) is 16.2. The number of likely N-dealkylation sites (tertiary alicyclic amines) is 1. The Morgan fingerprint density at radius 1 is 0.900 bits per heavy atom. The van der Waals surface area contributed by atoms with Crippen LogP contribution >= 0.6 is 0 Å². The molecule has 0 amide bonds. The number of hydrogen-bond donors (Lipinski definition) is 1. The largest absolute Gasteiger partial charge is 0.297 e. The minimum atomic E-state index is -3.31. The third-order valence-corrected chi connectivity index (χ3v) is 6.11. The third-order valence-electron chi connectivity index (χ3n) is 4.55. The maximum atomic E-state index is 12.4. The predicted octanol–water partition coefficient (Wildman–Crippen LogP) is 1.57. The van der Waals surface area contributed by atoms with Crippen molar-refractivity contribution < 1.29 is 8.42 Å². The van der Waals surface area contributed by atoms with Crippen molar-refractivity contribution in [2.24, 2.45) is 0 Å². The van der Waals surface area contributed by atoms with Gasteiger partial charge in [0.05, 0.1) is 0 Å². The summed E-state index contributed by atoms with van der Waals surface area (Å²) in [4.78, 5) is 2.39.